The average Bonchev–Trinajstić information content (AvgIpc) is 3.06. The number of anilines is 2. The summed E-state index contributed by atoms with van der Waals surface area (Å²) in [6, 6.07) is 10.4. The highest BCUT2D eigenvalue weighted by atomic mass is 16.2. The SMILES string of the molecule is CN1C(=O)CN2c3c(cccc31)[C@@H]1CN(CCCC(=O)c3ccncc3)CC[C@@H]12. The van der Waals surface area contributed by atoms with Crippen molar-refractivity contribution < 1.29 is 9.59 Å². The van der Waals surface area contributed by atoms with Crippen LogP contribution in [0.2, 0.25) is 0 Å². The standard InChI is InChI=1S/C23H26N4O2/c1-25-20-5-2-4-17-18-14-26(12-3-6-21(28)16-7-10-24-11-8-16)13-9-19(18)27(23(17)20)15-22(25)29/h2,4-5,7-8,10-11,18-19H,3,6,9,12-15H2,1H3/t18-,19-/m0/s1. The molecular formula is C23H26N4O2. The van der Waals surface area contributed by atoms with E-state index in [1.165, 1.54) is 11.3 Å². The zero-order valence-electron chi connectivity index (χ0n) is 16.8. The van der Waals surface area contributed by atoms with Gasteiger partial charge in [-0.15, -0.1) is 0 Å². The predicted octanol–water partition coefficient (Wildman–Crippen LogP) is 2.70. The number of likely N-dealkylation sites (tertiary alicyclic amines) is 1. The molecule has 6 nitrogen and oxygen atoms in total. The Morgan fingerprint density at radius 3 is 2.86 bits per heavy atom. The van der Waals surface area contributed by atoms with Crippen LogP contribution in [-0.4, -0.2) is 60.8 Å². The largest absolute Gasteiger partial charge is 0.357 e. The van der Waals surface area contributed by atoms with Gasteiger partial charge in [-0.2, -0.15) is 0 Å². The number of carbonyl (C=O) groups is 2. The van der Waals surface area contributed by atoms with E-state index in [4.69, 9.17) is 0 Å². The maximum atomic E-state index is 12.4. The first-order valence-corrected chi connectivity index (χ1v) is 10.4. The normalized spacial score (nSPS) is 23.1. The molecule has 0 radical (unpaired) electrons. The Morgan fingerprint density at radius 1 is 1.21 bits per heavy atom. The zero-order valence-corrected chi connectivity index (χ0v) is 16.8. The molecule has 1 saturated heterocycles. The number of likely N-dealkylation sites (N-methyl/N-ethyl adjacent to an activating group) is 1. The van der Waals surface area contributed by atoms with E-state index in [-0.39, 0.29) is 11.7 Å². The maximum Gasteiger partial charge on any atom is 0.246 e. The number of hydrogen-bond acceptors (Lipinski definition) is 5. The Bertz CT molecular complexity index is 945. The van der Waals surface area contributed by atoms with Crippen LogP contribution in [0.15, 0.2) is 42.7 Å². The van der Waals surface area contributed by atoms with Crippen LogP contribution < -0.4 is 9.80 Å². The molecule has 0 bridgehead atoms. The second-order valence-corrected chi connectivity index (χ2v) is 8.32. The Labute approximate surface area is 171 Å². The van der Waals surface area contributed by atoms with Crippen molar-refractivity contribution in [3.63, 3.8) is 0 Å². The molecule has 0 saturated carbocycles. The van der Waals surface area contributed by atoms with Crippen LogP contribution in [0.1, 0.15) is 41.1 Å². The van der Waals surface area contributed by atoms with E-state index in [1.54, 1.807) is 29.4 Å². The van der Waals surface area contributed by atoms with Gasteiger partial charge in [0.25, 0.3) is 0 Å². The first-order valence-electron chi connectivity index (χ1n) is 10.4. The lowest BCUT2D eigenvalue weighted by Crippen LogP contribution is -2.51. The molecule has 2 atom stereocenters. The van der Waals surface area contributed by atoms with Crippen LogP contribution in [0.4, 0.5) is 11.4 Å². The third kappa shape index (κ3) is 3.12. The highest BCUT2D eigenvalue weighted by molar-refractivity contribution is 6.04. The quantitative estimate of drug-likeness (QED) is 0.735. The Morgan fingerprint density at radius 2 is 2.03 bits per heavy atom. The van der Waals surface area contributed by atoms with Gasteiger partial charge in [0.05, 0.1) is 17.9 Å². The Kier molecular flexibility index (Phi) is 4.59. The fraction of sp³-hybridized carbons (Fsp3) is 0.435. The van der Waals surface area contributed by atoms with Crippen molar-refractivity contribution in [3.05, 3.63) is 53.9 Å². The van der Waals surface area contributed by atoms with Crippen molar-refractivity contribution in [2.75, 3.05) is 43.0 Å². The second-order valence-electron chi connectivity index (χ2n) is 8.32. The monoisotopic (exact) mass is 390 g/mol. The molecule has 0 spiro atoms. The summed E-state index contributed by atoms with van der Waals surface area (Å²) in [7, 11) is 1.88. The molecule has 1 fully saturated rings. The number of ketones is 1. The van der Waals surface area contributed by atoms with Gasteiger partial charge in [-0.05, 0) is 43.1 Å². The first-order chi connectivity index (χ1) is 14.1. The molecular weight excluding hydrogens is 364 g/mol. The number of Topliss-reactive ketones (excluding diaryl/α,β-unsaturated/α-hetero) is 1. The lowest BCUT2D eigenvalue weighted by Gasteiger charge is -2.40. The fourth-order valence-corrected chi connectivity index (χ4v) is 5.21. The van der Waals surface area contributed by atoms with Gasteiger partial charge >= 0.3 is 0 Å². The van der Waals surface area contributed by atoms with E-state index in [0.717, 1.165) is 43.7 Å². The summed E-state index contributed by atoms with van der Waals surface area (Å²) in [5, 5.41) is 0. The van der Waals surface area contributed by atoms with Gasteiger partial charge in [-0.25, -0.2) is 0 Å². The molecule has 2 aromatic rings. The van der Waals surface area contributed by atoms with Crippen LogP contribution in [0.25, 0.3) is 0 Å². The summed E-state index contributed by atoms with van der Waals surface area (Å²) < 4.78 is 0. The minimum Gasteiger partial charge on any atom is -0.357 e. The van der Waals surface area contributed by atoms with E-state index >= 15 is 0 Å². The third-order valence-corrected chi connectivity index (χ3v) is 6.71. The molecule has 3 aliphatic heterocycles. The summed E-state index contributed by atoms with van der Waals surface area (Å²) in [4.78, 5) is 35.4. The second kappa shape index (κ2) is 7.26. The highest BCUT2D eigenvalue weighted by Gasteiger charge is 2.46. The topological polar surface area (TPSA) is 56.8 Å². The van der Waals surface area contributed by atoms with Crippen molar-refractivity contribution in [1.82, 2.24) is 9.88 Å². The van der Waals surface area contributed by atoms with Crippen LogP contribution in [-0.2, 0) is 4.79 Å². The summed E-state index contributed by atoms with van der Waals surface area (Å²) in [5.41, 5.74) is 4.44. The number of hydrogen-bond donors (Lipinski definition) is 0. The van der Waals surface area contributed by atoms with Gasteiger partial charge in [0.2, 0.25) is 5.91 Å². The smallest absolute Gasteiger partial charge is 0.246 e. The van der Waals surface area contributed by atoms with Crippen molar-refractivity contribution in [2.24, 2.45) is 0 Å². The maximum absolute atomic E-state index is 12.4. The molecule has 29 heavy (non-hydrogen) atoms. The molecule has 150 valence electrons. The molecule has 1 aromatic heterocycles. The molecule has 1 amide bonds. The number of amides is 1. The van der Waals surface area contributed by atoms with Crippen molar-refractivity contribution in [3.8, 4) is 0 Å². The van der Waals surface area contributed by atoms with Gasteiger partial charge in [0.1, 0.15) is 0 Å². The molecule has 5 rings (SSSR count). The van der Waals surface area contributed by atoms with Crippen LogP contribution in [0.3, 0.4) is 0 Å². The molecule has 0 N–H and O–H groups in total. The minimum atomic E-state index is 0.173. The predicted molar refractivity (Wildman–Crippen MR) is 113 cm³/mol. The highest BCUT2D eigenvalue weighted by Crippen LogP contribution is 2.50. The summed E-state index contributed by atoms with van der Waals surface area (Å²) in [5.74, 6) is 0.804. The Hall–Kier alpha value is -2.73. The van der Waals surface area contributed by atoms with Crippen LogP contribution in [0, 0.1) is 0 Å². The number of carbonyl (C=O) groups excluding carboxylic acids is 2. The molecule has 4 heterocycles. The average molecular weight is 390 g/mol. The minimum absolute atomic E-state index is 0.173. The molecule has 0 aliphatic carbocycles. The van der Waals surface area contributed by atoms with Gasteiger partial charge < -0.3 is 14.7 Å². The van der Waals surface area contributed by atoms with E-state index in [9.17, 15) is 9.59 Å². The molecule has 3 aliphatic rings. The molecule has 0 unspecified atom stereocenters. The Balaban J connectivity index is 1.25. The van der Waals surface area contributed by atoms with E-state index in [2.05, 4.69) is 33.0 Å². The number of fused-ring (bicyclic) bond motifs is 3. The number of piperidine rings is 1. The third-order valence-electron chi connectivity index (χ3n) is 6.71. The number of para-hydroxylation sites is 1. The van der Waals surface area contributed by atoms with Crippen LogP contribution in [0.5, 0.6) is 0 Å². The van der Waals surface area contributed by atoms with E-state index in [1.807, 2.05) is 7.05 Å². The van der Waals surface area contributed by atoms with Gasteiger partial charge in [0.15, 0.2) is 5.78 Å². The molecule has 1 aromatic carbocycles. The first kappa shape index (κ1) is 18.3. The number of benzene rings is 1. The zero-order chi connectivity index (χ0) is 20.0. The number of pyridine rings is 1. The molecule has 6 heteroatoms. The van der Waals surface area contributed by atoms with Gasteiger partial charge in [-0.1, -0.05) is 12.1 Å². The van der Waals surface area contributed by atoms with Crippen molar-refractivity contribution >= 4 is 23.1 Å². The summed E-state index contributed by atoms with van der Waals surface area (Å²) in [6.45, 7) is 3.45. The lowest BCUT2D eigenvalue weighted by molar-refractivity contribution is -0.117. The van der Waals surface area contributed by atoms with E-state index < -0.39 is 0 Å². The summed E-state index contributed by atoms with van der Waals surface area (Å²) in [6.07, 6.45) is 5.85. The van der Waals surface area contributed by atoms with Crippen molar-refractivity contribution in [2.45, 2.75) is 31.2 Å². The van der Waals surface area contributed by atoms with E-state index in [0.29, 0.717) is 24.9 Å². The number of aromatic nitrogens is 1. The number of rotatable bonds is 5. The van der Waals surface area contributed by atoms with Crippen LogP contribution >= 0.6 is 0 Å². The van der Waals surface area contributed by atoms with Crippen molar-refractivity contribution in [1.29, 1.82) is 0 Å². The number of nitrogens with zero attached hydrogens (tertiary/aromatic N) is 4. The van der Waals surface area contributed by atoms with Gasteiger partial charge in [0, 0.05) is 56.5 Å². The summed E-state index contributed by atoms with van der Waals surface area (Å²) >= 11 is 0. The lowest BCUT2D eigenvalue weighted by atomic mass is 9.89. The fourth-order valence-electron chi connectivity index (χ4n) is 5.21. The van der Waals surface area contributed by atoms with Gasteiger partial charge in [-0.3, -0.25) is 14.6 Å².